The van der Waals surface area contributed by atoms with E-state index in [-0.39, 0.29) is 17.9 Å². The summed E-state index contributed by atoms with van der Waals surface area (Å²) in [5.74, 6) is 1.23. The van der Waals surface area contributed by atoms with Crippen LogP contribution in [-0.2, 0) is 9.53 Å². The van der Waals surface area contributed by atoms with E-state index in [1.807, 2.05) is 11.0 Å². The molecule has 0 saturated carbocycles. The quantitative estimate of drug-likeness (QED) is 0.843. The van der Waals surface area contributed by atoms with Crippen LogP contribution >= 0.6 is 11.6 Å². The number of piperidine rings is 1. The number of morpholine rings is 1. The van der Waals surface area contributed by atoms with E-state index >= 15 is 0 Å². The molecular weight excluding hydrogens is 316 g/mol. The molecule has 0 radical (unpaired) electrons. The van der Waals surface area contributed by atoms with Crippen molar-refractivity contribution in [1.82, 2.24) is 15.1 Å². The first-order valence-corrected chi connectivity index (χ1v) is 8.69. The predicted molar refractivity (Wildman–Crippen MR) is 88.6 cm³/mol. The minimum Gasteiger partial charge on any atom is -0.375 e. The van der Waals surface area contributed by atoms with E-state index in [9.17, 15) is 4.79 Å². The third-order valence-corrected chi connectivity index (χ3v) is 4.89. The number of rotatable bonds is 3. The molecule has 1 aromatic heterocycles. The zero-order chi connectivity index (χ0) is 16.2. The molecule has 23 heavy (non-hydrogen) atoms. The topological polar surface area (TPSA) is 58.6 Å². The second-order valence-corrected chi connectivity index (χ2v) is 6.55. The number of hydrogen-bond acceptors (Lipinski definition) is 5. The van der Waals surface area contributed by atoms with E-state index in [4.69, 9.17) is 16.3 Å². The summed E-state index contributed by atoms with van der Waals surface area (Å²) in [6, 6.07) is 3.63. The molecule has 126 valence electrons. The summed E-state index contributed by atoms with van der Waals surface area (Å²) >= 11 is 5.77. The van der Waals surface area contributed by atoms with Crippen LogP contribution < -0.4 is 4.90 Å². The normalized spacial score (nSPS) is 23.1. The lowest BCUT2D eigenvalue weighted by Gasteiger charge is -2.37. The fraction of sp³-hybridized carbons (Fsp3) is 0.688. The molecule has 3 rings (SSSR count). The Balaban J connectivity index is 1.54. The first kappa shape index (κ1) is 16.5. The second-order valence-electron chi connectivity index (χ2n) is 6.16. The number of aromatic nitrogens is 2. The Morgan fingerprint density at radius 1 is 1.30 bits per heavy atom. The Kier molecular flexibility index (Phi) is 5.33. The molecule has 1 atom stereocenters. The summed E-state index contributed by atoms with van der Waals surface area (Å²) < 4.78 is 5.65. The second kappa shape index (κ2) is 7.45. The minimum absolute atomic E-state index is 0.113. The molecule has 0 N–H and O–H groups in total. The van der Waals surface area contributed by atoms with Crippen molar-refractivity contribution in [3.8, 4) is 0 Å². The lowest BCUT2D eigenvalue weighted by molar-refractivity contribution is -0.143. The van der Waals surface area contributed by atoms with Gasteiger partial charge >= 0.3 is 0 Å². The molecule has 6 nitrogen and oxygen atoms in total. The molecule has 2 aliphatic rings. The lowest BCUT2D eigenvalue weighted by atomic mass is 9.95. The van der Waals surface area contributed by atoms with Gasteiger partial charge in [-0.2, -0.15) is 0 Å². The van der Waals surface area contributed by atoms with Gasteiger partial charge in [0.05, 0.1) is 12.7 Å². The average molecular weight is 339 g/mol. The van der Waals surface area contributed by atoms with E-state index in [1.165, 1.54) is 0 Å². The summed E-state index contributed by atoms with van der Waals surface area (Å²) in [5, 5.41) is 8.40. The lowest BCUT2D eigenvalue weighted by Crippen LogP contribution is -2.49. The Bertz CT molecular complexity index is 531. The number of carbonyl (C=O) groups is 1. The van der Waals surface area contributed by atoms with Gasteiger partial charge in [-0.15, -0.1) is 10.2 Å². The minimum atomic E-state index is 0.113. The Morgan fingerprint density at radius 3 is 2.74 bits per heavy atom. The van der Waals surface area contributed by atoms with Crippen molar-refractivity contribution < 1.29 is 9.53 Å². The molecule has 0 bridgehead atoms. The van der Waals surface area contributed by atoms with Crippen molar-refractivity contribution in [2.45, 2.75) is 32.3 Å². The number of amides is 1. The number of hydrogen-bond donors (Lipinski definition) is 0. The maximum absolute atomic E-state index is 12.7. The van der Waals surface area contributed by atoms with Gasteiger partial charge in [0, 0.05) is 32.1 Å². The van der Waals surface area contributed by atoms with Crippen LogP contribution in [0.5, 0.6) is 0 Å². The zero-order valence-corrected chi connectivity index (χ0v) is 14.2. The van der Waals surface area contributed by atoms with E-state index in [1.54, 1.807) is 6.07 Å². The van der Waals surface area contributed by atoms with Crippen LogP contribution in [0.4, 0.5) is 5.82 Å². The van der Waals surface area contributed by atoms with Crippen molar-refractivity contribution in [2.75, 3.05) is 37.7 Å². The van der Waals surface area contributed by atoms with Gasteiger partial charge in [0.2, 0.25) is 5.91 Å². The molecule has 0 aromatic carbocycles. The number of halogens is 1. The summed E-state index contributed by atoms with van der Waals surface area (Å²) in [6.45, 7) is 5.87. The monoisotopic (exact) mass is 338 g/mol. The molecule has 7 heteroatoms. The van der Waals surface area contributed by atoms with Crippen LogP contribution in [0.1, 0.15) is 26.2 Å². The van der Waals surface area contributed by atoms with E-state index in [2.05, 4.69) is 22.0 Å². The van der Waals surface area contributed by atoms with Gasteiger partial charge in [-0.25, -0.2) is 0 Å². The summed E-state index contributed by atoms with van der Waals surface area (Å²) in [6.07, 6.45) is 2.86. The molecule has 0 spiro atoms. The number of carbonyl (C=O) groups excluding carboxylic acids is 1. The Morgan fingerprint density at radius 2 is 2.09 bits per heavy atom. The van der Waals surface area contributed by atoms with Crippen LogP contribution in [-0.4, -0.2) is 59.9 Å². The SMILES string of the molecule is CC[C@@H]1CN(C(=O)C2CCN(c3ccc(Cl)nn3)CC2)CCO1. The third kappa shape index (κ3) is 3.93. The van der Waals surface area contributed by atoms with Crippen LogP contribution in [0, 0.1) is 5.92 Å². The highest BCUT2D eigenvalue weighted by Crippen LogP contribution is 2.24. The van der Waals surface area contributed by atoms with Crippen LogP contribution in [0.3, 0.4) is 0 Å². The van der Waals surface area contributed by atoms with Crippen LogP contribution in [0.2, 0.25) is 5.15 Å². The van der Waals surface area contributed by atoms with Crippen molar-refractivity contribution in [3.63, 3.8) is 0 Å². The molecule has 2 saturated heterocycles. The first-order valence-electron chi connectivity index (χ1n) is 8.32. The summed E-state index contributed by atoms with van der Waals surface area (Å²) in [4.78, 5) is 16.9. The highest BCUT2D eigenvalue weighted by Gasteiger charge is 2.31. The van der Waals surface area contributed by atoms with E-state index in [0.717, 1.165) is 51.3 Å². The molecule has 2 aliphatic heterocycles. The smallest absolute Gasteiger partial charge is 0.225 e. The third-order valence-electron chi connectivity index (χ3n) is 4.69. The van der Waals surface area contributed by atoms with Gasteiger partial charge in [0.25, 0.3) is 0 Å². The van der Waals surface area contributed by atoms with Crippen molar-refractivity contribution in [3.05, 3.63) is 17.3 Å². The fourth-order valence-corrected chi connectivity index (χ4v) is 3.36. The number of nitrogens with zero attached hydrogens (tertiary/aromatic N) is 4. The van der Waals surface area contributed by atoms with Crippen LogP contribution in [0.25, 0.3) is 0 Å². The zero-order valence-electron chi connectivity index (χ0n) is 13.4. The largest absolute Gasteiger partial charge is 0.375 e. The van der Waals surface area contributed by atoms with Gasteiger partial charge in [0.15, 0.2) is 11.0 Å². The molecule has 0 unspecified atom stereocenters. The standard InChI is InChI=1S/C16H23ClN4O2/c1-2-13-11-21(9-10-23-13)16(22)12-5-7-20(8-6-12)15-4-3-14(17)18-19-15/h3-4,12-13H,2,5-11H2,1H3/t13-/m1/s1. The van der Waals surface area contributed by atoms with Crippen molar-refractivity contribution >= 4 is 23.3 Å². The molecular formula is C16H23ClN4O2. The Hall–Kier alpha value is -1.40. The summed E-state index contributed by atoms with van der Waals surface area (Å²) in [7, 11) is 0. The van der Waals surface area contributed by atoms with Gasteiger partial charge in [-0.3, -0.25) is 4.79 Å². The van der Waals surface area contributed by atoms with Crippen LogP contribution in [0.15, 0.2) is 12.1 Å². The van der Waals surface area contributed by atoms with Crippen molar-refractivity contribution in [2.24, 2.45) is 5.92 Å². The average Bonchev–Trinajstić information content (AvgIpc) is 2.62. The molecule has 1 aromatic rings. The van der Waals surface area contributed by atoms with Gasteiger partial charge in [-0.05, 0) is 31.4 Å². The highest BCUT2D eigenvalue weighted by atomic mass is 35.5. The maximum atomic E-state index is 12.7. The molecule has 3 heterocycles. The first-order chi connectivity index (χ1) is 11.2. The fourth-order valence-electron chi connectivity index (χ4n) is 3.26. The number of ether oxygens (including phenoxy) is 1. The maximum Gasteiger partial charge on any atom is 0.225 e. The predicted octanol–water partition coefficient (Wildman–Crippen LogP) is 1.98. The number of anilines is 1. The van der Waals surface area contributed by atoms with Gasteiger partial charge < -0.3 is 14.5 Å². The Labute approximate surface area is 141 Å². The highest BCUT2D eigenvalue weighted by molar-refractivity contribution is 6.29. The van der Waals surface area contributed by atoms with E-state index < -0.39 is 0 Å². The summed E-state index contributed by atoms with van der Waals surface area (Å²) in [5.41, 5.74) is 0. The molecule has 1 amide bonds. The molecule has 0 aliphatic carbocycles. The van der Waals surface area contributed by atoms with Gasteiger partial charge in [0.1, 0.15) is 0 Å². The van der Waals surface area contributed by atoms with Crippen molar-refractivity contribution in [1.29, 1.82) is 0 Å². The molecule has 2 fully saturated rings. The van der Waals surface area contributed by atoms with E-state index in [0.29, 0.717) is 11.8 Å². The van der Waals surface area contributed by atoms with Gasteiger partial charge in [-0.1, -0.05) is 18.5 Å².